The molecule has 0 unspecified atom stereocenters. The summed E-state index contributed by atoms with van der Waals surface area (Å²) < 4.78 is 4.44. The lowest BCUT2D eigenvalue weighted by Crippen LogP contribution is -2.31. The Morgan fingerprint density at radius 2 is 2.27 bits per heavy atom. The van der Waals surface area contributed by atoms with E-state index in [1.54, 1.807) is 11.3 Å². The van der Waals surface area contributed by atoms with E-state index in [-0.39, 0.29) is 0 Å². The fourth-order valence-electron chi connectivity index (χ4n) is 3.86. The second kappa shape index (κ2) is 8.18. The molecule has 0 aliphatic heterocycles. The molecule has 5 nitrogen and oxygen atoms in total. The topological polar surface area (TPSA) is 38.4 Å². The van der Waals surface area contributed by atoms with E-state index >= 15 is 0 Å². The van der Waals surface area contributed by atoms with Crippen LogP contribution in [0.2, 0.25) is 0 Å². The summed E-state index contributed by atoms with van der Waals surface area (Å²) in [6.07, 6.45) is 17.6. The number of rotatable bonds is 8. The molecule has 0 aromatic carbocycles. The highest BCUT2D eigenvalue weighted by Gasteiger charge is 2.18. The average molecular weight is 370 g/mol. The van der Waals surface area contributed by atoms with Crippen molar-refractivity contribution in [2.75, 3.05) is 13.1 Å². The van der Waals surface area contributed by atoms with Gasteiger partial charge < -0.3 is 4.57 Å². The van der Waals surface area contributed by atoms with E-state index in [1.165, 1.54) is 37.2 Å². The highest BCUT2D eigenvalue weighted by molar-refractivity contribution is 7.15. The summed E-state index contributed by atoms with van der Waals surface area (Å²) in [5.41, 5.74) is 2.51. The number of thiazole rings is 1. The van der Waals surface area contributed by atoms with Crippen molar-refractivity contribution in [2.24, 2.45) is 5.92 Å². The van der Waals surface area contributed by atoms with Gasteiger partial charge in [0.1, 0.15) is 0 Å². The first-order chi connectivity index (χ1) is 12.8. The number of imidazole rings is 2. The van der Waals surface area contributed by atoms with Gasteiger partial charge in [0, 0.05) is 50.1 Å². The maximum Gasteiger partial charge on any atom is 0.194 e. The zero-order valence-electron chi connectivity index (χ0n) is 15.4. The second-order valence-electron chi connectivity index (χ2n) is 7.24. The Morgan fingerprint density at radius 3 is 3.08 bits per heavy atom. The van der Waals surface area contributed by atoms with Gasteiger partial charge in [-0.15, -0.1) is 11.3 Å². The Morgan fingerprint density at radius 1 is 1.31 bits per heavy atom. The van der Waals surface area contributed by atoms with Gasteiger partial charge in [0.25, 0.3) is 0 Å². The van der Waals surface area contributed by atoms with E-state index in [4.69, 9.17) is 4.98 Å². The van der Waals surface area contributed by atoms with Crippen LogP contribution in [0.1, 0.15) is 37.1 Å². The SMILES string of the molecule is Cc1nc2sccn2c1CN(CCCn1ccnc1)C[C@@H]1CC=CCC1. The normalized spacial score (nSPS) is 17.5. The first-order valence-corrected chi connectivity index (χ1v) is 10.4. The van der Waals surface area contributed by atoms with E-state index in [9.17, 15) is 0 Å². The van der Waals surface area contributed by atoms with Crippen LogP contribution in [0.3, 0.4) is 0 Å². The maximum absolute atomic E-state index is 4.73. The molecule has 0 spiro atoms. The highest BCUT2D eigenvalue weighted by atomic mass is 32.1. The van der Waals surface area contributed by atoms with Crippen LogP contribution in [-0.2, 0) is 13.1 Å². The van der Waals surface area contributed by atoms with Crippen LogP contribution in [0.15, 0.2) is 42.4 Å². The fraction of sp³-hybridized carbons (Fsp3) is 0.500. The van der Waals surface area contributed by atoms with Crippen LogP contribution in [0.5, 0.6) is 0 Å². The molecule has 0 saturated heterocycles. The molecule has 1 aliphatic rings. The Hall–Kier alpha value is -1.92. The summed E-state index contributed by atoms with van der Waals surface area (Å²) in [6.45, 7) is 6.43. The lowest BCUT2D eigenvalue weighted by molar-refractivity contribution is 0.206. The van der Waals surface area contributed by atoms with E-state index < -0.39 is 0 Å². The third-order valence-corrected chi connectivity index (χ3v) is 6.04. The quantitative estimate of drug-likeness (QED) is 0.560. The van der Waals surface area contributed by atoms with E-state index in [0.717, 1.165) is 36.9 Å². The van der Waals surface area contributed by atoms with Gasteiger partial charge in [-0.1, -0.05) is 12.2 Å². The molecule has 1 atom stereocenters. The number of fused-ring (bicyclic) bond motifs is 1. The lowest BCUT2D eigenvalue weighted by Gasteiger charge is -2.28. The summed E-state index contributed by atoms with van der Waals surface area (Å²) >= 11 is 1.72. The zero-order chi connectivity index (χ0) is 17.8. The third-order valence-electron chi connectivity index (χ3n) is 5.28. The van der Waals surface area contributed by atoms with Crippen LogP contribution in [0, 0.1) is 12.8 Å². The molecule has 3 aromatic heterocycles. The molecule has 3 heterocycles. The summed E-state index contributed by atoms with van der Waals surface area (Å²) in [5, 5.41) is 2.13. The number of aromatic nitrogens is 4. The van der Waals surface area contributed by atoms with Crippen LogP contribution in [-0.4, -0.2) is 36.9 Å². The van der Waals surface area contributed by atoms with Crippen molar-refractivity contribution in [1.29, 1.82) is 0 Å². The van der Waals surface area contributed by atoms with Gasteiger partial charge in [-0.3, -0.25) is 9.30 Å². The molecule has 4 rings (SSSR count). The van der Waals surface area contributed by atoms with Gasteiger partial charge in [-0.2, -0.15) is 0 Å². The molecule has 0 radical (unpaired) electrons. The number of allylic oxidation sites excluding steroid dienone is 2. The van der Waals surface area contributed by atoms with Crippen molar-refractivity contribution in [3.63, 3.8) is 0 Å². The van der Waals surface area contributed by atoms with Crippen LogP contribution in [0.25, 0.3) is 4.96 Å². The molecule has 0 amide bonds. The van der Waals surface area contributed by atoms with Crippen molar-refractivity contribution < 1.29 is 0 Å². The van der Waals surface area contributed by atoms with E-state index in [2.05, 4.69) is 49.5 Å². The van der Waals surface area contributed by atoms with Gasteiger partial charge in [0.15, 0.2) is 4.96 Å². The predicted octanol–water partition coefficient (Wildman–Crippen LogP) is 4.15. The van der Waals surface area contributed by atoms with E-state index in [0.29, 0.717) is 0 Å². The summed E-state index contributed by atoms with van der Waals surface area (Å²) in [5.74, 6) is 0.777. The van der Waals surface area contributed by atoms with Gasteiger partial charge in [0.2, 0.25) is 0 Å². The zero-order valence-corrected chi connectivity index (χ0v) is 16.2. The number of hydrogen-bond donors (Lipinski definition) is 0. The predicted molar refractivity (Wildman–Crippen MR) is 106 cm³/mol. The Kier molecular flexibility index (Phi) is 5.51. The number of aryl methyl sites for hydroxylation is 2. The van der Waals surface area contributed by atoms with Crippen LogP contribution in [0.4, 0.5) is 0 Å². The third kappa shape index (κ3) is 4.07. The van der Waals surface area contributed by atoms with Gasteiger partial charge in [-0.25, -0.2) is 9.97 Å². The minimum absolute atomic E-state index is 0.777. The molecule has 0 N–H and O–H groups in total. The molecule has 138 valence electrons. The van der Waals surface area contributed by atoms with Crippen molar-refractivity contribution in [1.82, 2.24) is 23.8 Å². The molecule has 0 fully saturated rings. The van der Waals surface area contributed by atoms with Gasteiger partial charge in [-0.05, 0) is 38.5 Å². The Balaban J connectivity index is 1.44. The summed E-state index contributed by atoms with van der Waals surface area (Å²) in [7, 11) is 0. The molecule has 6 heteroatoms. The lowest BCUT2D eigenvalue weighted by atomic mass is 9.94. The maximum atomic E-state index is 4.73. The Bertz CT molecular complexity index is 845. The van der Waals surface area contributed by atoms with Crippen molar-refractivity contribution in [2.45, 2.75) is 45.7 Å². The minimum atomic E-state index is 0.777. The summed E-state index contributed by atoms with van der Waals surface area (Å²) in [6, 6.07) is 0. The first kappa shape index (κ1) is 17.5. The van der Waals surface area contributed by atoms with Crippen molar-refractivity contribution >= 4 is 16.3 Å². The minimum Gasteiger partial charge on any atom is -0.337 e. The molecule has 1 aliphatic carbocycles. The number of nitrogens with zero attached hydrogens (tertiary/aromatic N) is 5. The standard InChI is InChI=1S/C20H27N5S/c1-17-19(25-12-13-26-20(25)22-17)15-24(14-18-6-3-2-4-7-18)10-5-9-23-11-8-21-16-23/h2-3,8,11-13,16,18H,4-7,9-10,14-15H2,1H3/t18-/m1/s1. The van der Waals surface area contributed by atoms with Crippen molar-refractivity contribution in [3.8, 4) is 0 Å². The first-order valence-electron chi connectivity index (χ1n) is 9.53. The second-order valence-corrected chi connectivity index (χ2v) is 8.11. The fourth-order valence-corrected chi connectivity index (χ4v) is 4.64. The monoisotopic (exact) mass is 369 g/mol. The highest BCUT2D eigenvalue weighted by Crippen LogP contribution is 2.23. The van der Waals surface area contributed by atoms with Crippen LogP contribution < -0.4 is 0 Å². The molecule has 26 heavy (non-hydrogen) atoms. The number of hydrogen-bond acceptors (Lipinski definition) is 4. The van der Waals surface area contributed by atoms with Crippen LogP contribution >= 0.6 is 11.3 Å². The Labute approximate surface area is 159 Å². The molecular formula is C20H27N5S. The van der Waals surface area contributed by atoms with Gasteiger partial charge >= 0.3 is 0 Å². The largest absolute Gasteiger partial charge is 0.337 e. The molecular weight excluding hydrogens is 342 g/mol. The summed E-state index contributed by atoms with van der Waals surface area (Å²) in [4.78, 5) is 12.6. The average Bonchev–Trinajstić information content (AvgIpc) is 3.36. The smallest absolute Gasteiger partial charge is 0.194 e. The molecule has 0 saturated carbocycles. The molecule has 0 bridgehead atoms. The van der Waals surface area contributed by atoms with E-state index in [1.807, 2.05) is 18.7 Å². The molecule has 3 aromatic rings. The van der Waals surface area contributed by atoms with Crippen molar-refractivity contribution in [3.05, 3.63) is 53.8 Å². The van der Waals surface area contributed by atoms with Gasteiger partial charge in [0.05, 0.1) is 17.7 Å².